The number of carbonyl (C=O) groups is 3. The Kier molecular flexibility index (Phi) is 8.88. The van der Waals surface area contributed by atoms with Crippen LogP contribution in [0.25, 0.3) is 0 Å². The molecule has 0 spiro atoms. The highest BCUT2D eigenvalue weighted by atomic mass is 16.5. The first-order valence-corrected chi connectivity index (χ1v) is 10.1. The number of methoxy groups -OCH3 is 1. The number of phenols is 1. The lowest BCUT2D eigenvalue weighted by Crippen LogP contribution is -2.21. The third-order valence-electron chi connectivity index (χ3n) is 4.54. The van der Waals surface area contributed by atoms with E-state index in [0.29, 0.717) is 48.9 Å². The highest BCUT2D eigenvalue weighted by molar-refractivity contribution is 6.36. The number of carboxylic acid groups (broad SMARTS) is 1. The molecule has 3 N–H and O–H groups in total. The number of aromatic hydroxyl groups is 1. The molecule has 1 amide bonds. The number of Topliss-reactive ketones (excluding diaryl/α,β-unsaturated/α-hetero) is 1. The normalized spacial score (nSPS) is 10.3. The standard InChI is InChI=1S/C23H27NO8/c1-4-6-17-18(10-8-16(14(2)25)21(17)26)31-11-5-12-32-19-9-7-15(13-20(19)30-3)24-22(27)23(28)29/h7-10,13,26H,4-6,11-12H2,1-3H3,(H,24,27)(H,28,29). The van der Waals surface area contributed by atoms with Crippen molar-refractivity contribution in [1.82, 2.24) is 0 Å². The van der Waals surface area contributed by atoms with E-state index < -0.39 is 11.9 Å². The molecule has 0 aliphatic heterocycles. The SMILES string of the molecule is CCCc1c(OCCCOc2ccc(NC(=O)C(=O)O)cc2OC)ccc(C(C)=O)c1O. The second-order valence-electron chi connectivity index (χ2n) is 6.92. The summed E-state index contributed by atoms with van der Waals surface area (Å²) >= 11 is 0. The van der Waals surface area contributed by atoms with Crippen molar-refractivity contribution in [2.24, 2.45) is 0 Å². The van der Waals surface area contributed by atoms with Crippen molar-refractivity contribution >= 4 is 23.3 Å². The summed E-state index contributed by atoms with van der Waals surface area (Å²) in [7, 11) is 1.43. The number of aliphatic carboxylic acids is 1. The monoisotopic (exact) mass is 445 g/mol. The van der Waals surface area contributed by atoms with Gasteiger partial charge in [-0.2, -0.15) is 0 Å². The molecule has 0 saturated carbocycles. The molecule has 0 radical (unpaired) electrons. The van der Waals surface area contributed by atoms with Gasteiger partial charge in [-0.15, -0.1) is 0 Å². The maximum Gasteiger partial charge on any atom is 0.394 e. The van der Waals surface area contributed by atoms with E-state index in [2.05, 4.69) is 5.32 Å². The average molecular weight is 445 g/mol. The summed E-state index contributed by atoms with van der Waals surface area (Å²) in [5, 5.41) is 21.3. The minimum atomic E-state index is -1.59. The minimum Gasteiger partial charge on any atom is -0.507 e. The highest BCUT2D eigenvalue weighted by Crippen LogP contribution is 2.33. The van der Waals surface area contributed by atoms with Crippen LogP contribution in [0.3, 0.4) is 0 Å². The van der Waals surface area contributed by atoms with Gasteiger partial charge in [-0.1, -0.05) is 13.3 Å². The molecule has 2 aromatic rings. The molecule has 0 bridgehead atoms. The smallest absolute Gasteiger partial charge is 0.394 e. The Labute approximate surface area is 185 Å². The minimum absolute atomic E-state index is 0.0343. The molecule has 2 aromatic carbocycles. The van der Waals surface area contributed by atoms with Crippen molar-refractivity contribution in [1.29, 1.82) is 0 Å². The third-order valence-corrected chi connectivity index (χ3v) is 4.54. The molecule has 172 valence electrons. The first kappa shape index (κ1) is 24.5. The van der Waals surface area contributed by atoms with Gasteiger partial charge in [0.15, 0.2) is 17.3 Å². The molecule has 0 aliphatic rings. The Morgan fingerprint density at radius 3 is 2.25 bits per heavy atom. The Morgan fingerprint density at radius 1 is 1.00 bits per heavy atom. The van der Waals surface area contributed by atoms with E-state index in [9.17, 15) is 19.5 Å². The largest absolute Gasteiger partial charge is 0.507 e. The number of carbonyl (C=O) groups excluding carboxylic acids is 2. The highest BCUT2D eigenvalue weighted by Gasteiger charge is 2.16. The van der Waals surface area contributed by atoms with E-state index in [1.807, 2.05) is 6.92 Å². The number of anilines is 1. The van der Waals surface area contributed by atoms with Gasteiger partial charge >= 0.3 is 11.9 Å². The van der Waals surface area contributed by atoms with E-state index in [0.717, 1.165) is 6.42 Å². The number of benzene rings is 2. The lowest BCUT2D eigenvalue weighted by Gasteiger charge is -2.15. The summed E-state index contributed by atoms with van der Waals surface area (Å²) in [5.74, 6) is -1.68. The van der Waals surface area contributed by atoms with E-state index in [-0.39, 0.29) is 22.8 Å². The van der Waals surface area contributed by atoms with Crippen LogP contribution in [-0.2, 0) is 16.0 Å². The topological polar surface area (TPSA) is 131 Å². The molecule has 2 rings (SSSR count). The van der Waals surface area contributed by atoms with Crippen LogP contribution in [0.1, 0.15) is 42.6 Å². The van der Waals surface area contributed by atoms with Gasteiger partial charge in [0.05, 0.1) is 25.9 Å². The van der Waals surface area contributed by atoms with Crippen LogP contribution < -0.4 is 19.5 Å². The van der Waals surface area contributed by atoms with Gasteiger partial charge in [-0.05, 0) is 37.6 Å². The van der Waals surface area contributed by atoms with Crippen molar-refractivity contribution in [2.75, 3.05) is 25.6 Å². The van der Waals surface area contributed by atoms with Crippen molar-refractivity contribution < 1.29 is 38.8 Å². The maximum atomic E-state index is 11.6. The second-order valence-corrected chi connectivity index (χ2v) is 6.92. The van der Waals surface area contributed by atoms with Gasteiger partial charge in [0.1, 0.15) is 11.5 Å². The van der Waals surface area contributed by atoms with Crippen LogP contribution in [0, 0.1) is 0 Å². The number of ketones is 1. The van der Waals surface area contributed by atoms with Crippen molar-refractivity contribution in [3.05, 3.63) is 41.5 Å². The van der Waals surface area contributed by atoms with Gasteiger partial charge in [-0.3, -0.25) is 9.59 Å². The molecule has 0 fully saturated rings. The lowest BCUT2D eigenvalue weighted by molar-refractivity contribution is -0.147. The Bertz CT molecular complexity index is 986. The fourth-order valence-corrected chi connectivity index (χ4v) is 3.00. The predicted octanol–water partition coefficient (Wildman–Crippen LogP) is 3.43. The van der Waals surface area contributed by atoms with Gasteiger partial charge in [-0.25, -0.2) is 4.79 Å². The molecule has 0 aliphatic carbocycles. The first-order chi connectivity index (χ1) is 15.3. The molecule has 0 heterocycles. The summed E-state index contributed by atoms with van der Waals surface area (Å²) in [4.78, 5) is 33.6. The zero-order chi connectivity index (χ0) is 23.7. The number of hydrogen-bond donors (Lipinski definition) is 3. The molecule has 0 aromatic heterocycles. The third kappa shape index (κ3) is 6.37. The number of hydrogen-bond acceptors (Lipinski definition) is 7. The van der Waals surface area contributed by atoms with E-state index >= 15 is 0 Å². The van der Waals surface area contributed by atoms with Gasteiger partial charge < -0.3 is 29.7 Å². The van der Waals surface area contributed by atoms with Crippen LogP contribution >= 0.6 is 0 Å². The predicted molar refractivity (Wildman–Crippen MR) is 117 cm³/mol. The number of carboxylic acids is 1. The first-order valence-electron chi connectivity index (χ1n) is 10.1. The molecular formula is C23H27NO8. The zero-order valence-electron chi connectivity index (χ0n) is 18.3. The van der Waals surface area contributed by atoms with Crippen molar-refractivity contribution in [3.63, 3.8) is 0 Å². The number of amides is 1. The van der Waals surface area contributed by atoms with Crippen molar-refractivity contribution in [2.45, 2.75) is 33.1 Å². The summed E-state index contributed by atoms with van der Waals surface area (Å²) < 4.78 is 16.7. The molecule has 0 atom stereocenters. The zero-order valence-corrected chi connectivity index (χ0v) is 18.3. The Balaban J connectivity index is 1.94. The lowest BCUT2D eigenvalue weighted by atomic mass is 10.0. The molecule has 9 heteroatoms. The van der Waals surface area contributed by atoms with E-state index in [4.69, 9.17) is 19.3 Å². The van der Waals surface area contributed by atoms with Crippen molar-refractivity contribution in [3.8, 4) is 23.0 Å². The van der Waals surface area contributed by atoms with Gasteiger partial charge in [0.25, 0.3) is 0 Å². The number of nitrogens with one attached hydrogen (secondary N) is 1. The average Bonchev–Trinajstić information content (AvgIpc) is 2.75. The fraction of sp³-hybridized carbons (Fsp3) is 0.348. The van der Waals surface area contributed by atoms with Gasteiger partial charge in [0.2, 0.25) is 0 Å². The number of rotatable bonds is 11. The number of phenolic OH excluding ortho intramolecular Hbond substituents is 1. The van der Waals surface area contributed by atoms with E-state index in [1.165, 1.54) is 26.2 Å². The number of ether oxygens (including phenoxy) is 3. The summed E-state index contributed by atoms with van der Waals surface area (Å²) in [6.07, 6.45) is 1.90. The van der Waals surface area contributed by atoms with Crippen LogP contribution in [0.15, 0.2) is 30.3 Å². The van der Waals surface area contributed by atoms with E-state index in [1.54, 1.807) is 18.2 Å². The maximum absolute atomic E-state index is 11.6. The molecule has 9 nitrogen and oxygen atoms in total. The Hall–Kier alpha value is -3.75. The fourth-order valence-electron chi connectivity index (χ4n) is 3.00. The second kappa shape index (κ2) is 11.6. The summed E-state index contributed by atoms with van der Waals surface area (Å²) in [5.41, 5.74) is 1.16. The van der Waals surface area contributed by atoms with Crippen LogP contribution in [0.2, 0.25) is 0 Å². The quantitative estimate of drug-likeness (QED) is 0.272. The summed E-state index contributed by atoms with van der Waals surface area (Å²) in [6.45, 7) is 4.01. The molecular weight excluding hydrogens is 418 g/mol. The van der Waals surface area contributed by atoms with Crippen LogP contribution in [0.5, 0.6) is 23.0 Å². The molecule has 0 saturated heterocycles. The van der Waals surface area contributed by atoms with Gasteiger partial charge in [0, 0.05) is 23.7 Å². The summed E-state index contributed by atoms with van der Waals surface area (Å²) in [6, 6.07) is 7.78. The molecule has 0 unspecified atom stereocenters. The van der Waals surface area contributed by atoms with Crippen LogP contribution in [0.4, 0.5) is 5.69 Å². The van der Waals surface area contributed by atoms with Crippen LogP contribution in [-0.4, -0.2) is 48.2 Å². The molecule has 32 heavy (non-hydrogen) atoms. The Morgan fingerprint density at radius 2 is 1.66 bits per heavy atom.